The maximum absolute atomic E-state index is 13.0. The zero-order valence-electron chi connectivity index (χ0n) is 63.2. The van der Waals surface area contributed by atoms with Crippen molar-refractivity contribution in [3.8, 4) is 5.75 Å². The Labute approximate surface area is 598 Å². The average molecular weight is 1400 g/mol. The van der Waals surface area contributed by atoms with Gasteiger partial charge < -0.3 is 74.9 Å². The van der Waals surface area contributed by atoms with Crippen molar-refractivity contribution >= 4 is 17.9 Å². The number of nitrogens with zero attached hydrogens (tertiary/aromatic N) is 2. The molecule has 4 spiro atoms. The van der Waals surface area contributed by atoms with Gasteiger partial charge in [-0.3, -0.25) is 10.1 Å². The van der Waals surface area contributed by atoms with Crippen LogP contribution in [0.1, 0.15) is 221 Å². The molecule has 1 aromatic carbocycles. The lowest BCUT2D eigenvalue weighted by atomic mass is 9.41. The maximum atomic E-state index is 13.0. The van der Waals surface area contributed by atoms with Crippen molar-refractivity contribution in [2.24, 2.45) is 107 Å². The van der Waals surface area contributed by atoms with Crippen LogP contribution in [0.25, 0.3) is 0 Å². The summed E-state index contributed by atoms with van der Waals surface area (Å²) in [6.45, 7) is 39.6. The molecule has 0 unspecified atom stereocenters. The van der Waals surface area contributed by atoms with Crippen LogP contribution in [0.3, 0.4) is 0 Å². The highest BCUT2D eigenvalue weighted by atomic mass is 16.7. The van der Waals surface area contributed by atoms with Crippen LogP contribution in [-0.4, -0.2) is 173 Å². The van der Waals surface area contributed by atoms with Gasteiger partial charge >= 0.3 is 12.2 Å². The summed E-state index contributed by atoms with van der Waals surface area (Å²) in [5.41, 5.74) is 3.17. The summed E-state index contributed by atoms with van der Waals surface area (Å²) in [6, 6.07) is 6.10. The highest BCUT2D eigenvalue weighted by Gasteiger charge is 2.87. The second-order valence-corrected chi connectivity index (χ2v) is 38.3. The molecule has 100 heavy (non-hydrogen) atoms. The Balaban J connectivity index is 0.000000174. The normalized spacial score (nSPS) is 46.5. The summed E-state index contributed by atoms with van der Waals surface area (Å²) < 4.78 is 43.7. The summed E-state index contributed by atoms with van der Waals surface area (Å²) in [7, 11) is 2.07. The Morgan fingerprint density at radius 3 is 1.44 bits per heavy atom. The van der Waals surface area contributed by atoms with Gasteiger partial charge in [0, 0.05) is 79.2 Å². The summed E-state index contributed by atoms with van der Waals surface area (Å²) in [5, 5.41) is 64.4. The first-order chi connectivity index (χ1) is 46.2. The van der Waals surface area contributed by atoms with Gasteiger partial charge in [0.2, 0.25) is 0 Å². The van der Waals surface area contributed by atoms with Crippen molar-refractivity contribution in [3.63, 3.8) is 0 Å². The molecule has 14 aliphatic rings. The van der Waals surface area contributed by atoms with E-state index in [-0.39, 0.29) is 134 Å². The third kappa shape index (κ3) is 11.4. The van der Waals surface area contributed by atoms with Crippen LogP contribution < -0.4 is 21.1 Å². The topological polar surface area (TPSA) is 276 Å². The zero-order chi connectivity index (χ0) is 71.8. The molecule has 8 N–H and O–H groups in total. The number of likely N-dealkylation sites (N-methyl/N-ethyl adjacent to an activating group) is 1. The number of aliphatic hydroxyl groups is 4. The van der Waals surface area contributed by atoms with Crippen LogP contribution >= 0.6 is 0 Å². The zero-order valence-corrected chi connectivity index (χ0v) is 63.2. The number of aliphatic hydroxyl groups excluding tert-OH is 2. The van der Waals surface area contributed by atoms with E-state index in [4.69, 9.17) is 38.9 Å². The molecule has 10 aliphatic carbocycles. The first-order valence-electron chi connectivity index (χ1n) is 38.8. The number of carbonyl (C=O) groups excluding carboxylic acids is 2. The molecule has 1 amide bonds. The smallest absolute Gasteiger partial charge is 0.446 e. The SMILES string of the molecule is C.CCO[C@@H]([C@H]1C[C@@H](C)[C@H]2[C@H](O1)[C@H](O)[C@@]1(C)[C@@H]3CC[C@H]4C(C)(C)[C@@H](OC(=O)NC5CNC5)CC[C@@]45C[C@@]35CC[C@]21C)C(C)(C)O.CCO[C@@H]([C@H]1C[C@@H](C)[C@H]2[C@H](O1)[C@H](O)[C@@]1(C)[C@@H]3CC[C@H]4C(C)(C)[C@@H](OC(=O)Oc5ccc([N+](=O)[O-])cc5)CC[C@@]45C[C@@]35CC[C@]21C)C(C)(C)O.CN1CC(N)C1. The second kappa shape index (κ2) is 26.0. The number of nitrogens with two attached hydrogens (primary N) is 1. The number of amides is 1. The standard InChI is InChI=1S/C39H57NO9.C36H60N2O6.C4H10N2.CH4/c1-9-46-32(35(5,6)43)25-20-22(2)29-30(48-25)31(41)37(8)27-15-14-26-34(3,4)28(16-17-38(26)21-39(27,38)19-18-36(29,37)7)49-33(42)47-24-12-10-23(11-13-24)40(44)45;1-9-42-29(32(5,6)41)22-16-20(2)26-27(43-22)28(39)34(8)24-11-10-23-31(3,4)25(44-30(40)38-21-17-37-18-21)12-13-35(23)19-36(24,35)15-14-33(26,34)7;1-6-2-4(5)3-6;/h10-13,22,25-32,41,43H,9,14-21H2,1-8H3;20-29,37,39,41H,9-19H2,1-8H3,(H,38,40);4H,2-3,5H2,1H3;1H4/t22-,25-,26+,27+,28+,29+,30+,31+,32+,36-,37-,38-,39+;20-,22-,23+,24+,25+,26+,27+,28+,29+,33-,34-,35-,36+;;/m11../s1. The predicted octanol–water partition coefficient (Wildman–Crippen LogP) is 12.4. The molecule has 20 heteroatoms. The van der Waals surface area contributed by atoms with Crippen molar-refractivity contribution in [2.75, 3.05) is 46.4 Å². The van der Waals surface area contributed by atoms with Crippen molar-refractivity contribution in [3.05, 3.63) is 34.4 Å². The molecular weight excluding hydrogens is 1270 g/mol. The predicted molar refractivity (Wildman–Crippen MR) is 382 cm³/mol. The minimum absolute atomic E-state index is 0. The molecular formula is C80H131N5O15. The quantitative estimate of drug-likeness (QED) is 0.0418. The van der Waals surface area contributed by atoms with Crippen LogP contribution in [0.5, 0.6) is 5.75 Å². The lowest BCUT2D eigenvalue weighted by Crippen LogP contribution is -2.60. The Hall–Kier alpha value is -3.28. The molecule has 10 saturated carbocycles. The fourth-order valence-corrected chi connectivity index (χ4v) is 27.7. The number of rotatable bonds is 13. The molecule has 4 saturated heterocycles. The van der Waals surface area contributed by atoms with E-state index in [0.29, 0.717) is 54.8 Å². The molecule has 0 aromatic heterocycles. The summed E-state index contributed by atoms with van der Waals surface area (Å²) in [6.07, 6.45) is 12.3. The van der Waals surface area contributed by atoms with E-state index in [2.05, 4.69) is 91.8 Å². The summed E-state index contributed by atoms with van der Waals surface area (Å²) >= 11 is 0. The molecule has 0 bridgehead atoms. The highest BCUT2D eigenvalue weighted by Crippen LogP contribution is 2.91. The van der Waals surface area contributed by atoms with Crippen molar-refractivity contribution < 1.29 is 68.1 Å². The van der Waals surface area contributed by atoms with E-state index in [0.717, 1.165) is 116 Å². The van der Waals surface area contributed by atoms with E-state index < -0.39 is 46.7 Å². The Bertz CT molecular complexity index is 3160. The number of fused-ring (bicyclic) bond motifs is 8. The van der Waals surface area contributed by atoms with Gasteiger partial charge in [0.25, 0.3) is 5.69 Å². The number of non-ortho nitro benzene ring substituents is 1. The van der Waals surface area contributed by atoms with Crippen LogP contribution in [0.4, 0.5) is 15.3 Å². The number of carbonyl (C=O) groups is 2. The molecule has 566 valence electrons. The van der Waals surface area contributed by atoms with E-state index in [1.54, 1.807) is 13.8 Å². The fraction of sp³-hybridized carbons (Fsp3) is 0.900. The molecule has 1 aromatic rings. The highest BCUT2D eigenvalue weighted by molar-refractivity contribution is 5.68. The van der Waals surface area contributed by atoms with Gasteiger partial charge in [-0.1, -0.05) is 76.7 Å². The first-order valence-corrected chi connectivity index (χ1v) is 38.8. The number of nitro groups is 1. The number of nitrogens with one attached hydrogen (secondary N) is 2. The summed E-state index contributed by atoms with van der Waals surface area (Å²) in [5.74, 6) is 3.18. The summed E-state index contributed by atoms with van der Waals surface area (Å²) in [4.78, 5) is 38.5. The van der Waals surface area contributed by atoms with E-state index in [9.17, 15) is 40.1 Å². The van der Waals surface area contributed by atoms with Gasteiger partial charge in [0.05, 0.1) is 58.8 Å². The number of ether oxygens (including phenoxy) is 7. The number of likely N-dealkylation sites (tertiary alicyclic amines) is 1. The fourth-order valence-electron chi connectivity index (χ4n) is 27.7. The van der Waals surface area contributed by atoms with Crippen molar-refractivity contribution in [1.82, 2.24) is 15.5 Å². The van der Waals surface area contributed by atoms with E-state index in [1.165, 1.54) is 37.1 Å². The second-order valence-electron chi connectivity index (χ2n) is 38.3. The largest absolute Gasteiger partial charge is 0.514 e. The van der Waals surface area contributed by atoms with Crippen LogP contribution in [0, 0.1) is 112 Å². The van der Waals surface area contributed by atoms with Crippen molar-refractivity contribution in [2.45, 2.75) is 305 Å². The number of hydrogen-bond acceptors (Lipinski definition) is 18. The third-order valence-corrected chi connectivity index (χ3v) is 32.2. The van der Waals surface area contributed by atoms with Crippen LogP contribution in [0.15, 0.2) is 24.3 Å². The maximum Gasteiger partial charge on any atom is 0.514 e. The molecule has 15 rings (SSSR count). The number of hydrogen-bond donors (Lipinski definition) is 7. The molecule has 20 nitrogen and oxygen atoms in total. The van der Waals surface area contributed by atoms with Gasteiger partial charge in [0.15, 0.2) is 0 Å². The Kier molecular flexibility index (Phi) is 19.9. The number of alkyl carbamates (subject to hydrolysis) is 1. The van der Waals surface area contributed by atoms with Crippen LogP contribution in [0.2, 0.25) is 0 Å². The van der Waals surface area contributed by atoms with Gasteiger partial charge in [-0.05, 0) is 243 Å². The average Bonchev–Trinajstić information content (AvgIpc) is 1.46. The molecule has 0 radical (unpaired) electrons. The molecule has 26 atom stereocenters. The third-order valence-electron chi connectivity index (χ3n) is 32.2. The monoisotopic (exact) mass is 1400 g/mol. The lowest BCUT2D eigenvalue weighted by molar-refractivity contribution is -0.384. The minimum atomic E-state index is -1.06. The molecule has 14 fully saturated rings. The molecule has 4 aliphatic heterocycles. The Morgan fingerprint density at radius 2 is 1.08 bits per heavy atom. The van der Waals surface area contributed by atoms with Gasteiger partial charge in [0.1, 0.15) is 30.2 Å². The van der Waals surface area contributed by atoms with Gasteiger partial charge in [-0.2, -0.15) is 0 Å². The first kappa shape index (κ1) is 76.4. The molecule has 4 heterocycles. The minimum Gasteiger partial charge on any atom is -0.446 e. The number of nitro benzene ring substituents is 1. The van der Waals surface area contributed by atoms with Crippen molar-refractivity contribution in [1.29, 1.82) is 0 Å². The van der Waals surface area contributed by atoms with E-state index >= 15 is 0 Å². The van der Waals surface area contributed by atoms with Gasteiger partial charge in [-0.25, -0.2) is 9.59 Å². The van der Waals surface area contributed by atoms with Gasteiger partial charge in [-0.15, -0.1) is 0 Å². The lowest BCUT2D eigenvalue weighted by Gasteiger charge is -2.63. The Morgan fingerprint density at radius 1 is 0.670 bits per heavy atom. The van der Waals surface area contributed by atoms with E-state index in [1.807, 2.05) is 27.7 Å². The number of benzene rings is 1. The van der Waals surface area contributed by atoms with Crippen LogP contribution in [-0.2, 0) is 28.4 Å².